The summed E-state index contributed by atoms with van der Waals surface area (Å²) in [6.45, 7) is 5.14. The molecule has 1 N–H and O–H groups in total. The van der Waals surface area contributed by atoms with E-state index in [0.29, 0.717) is 0 Å². The summed E-state index contributed by atoms with van der Waals surface area (Å²) in [7, 11) is 0. The Labute approximate surface area is 53.9 Å². The molecule has 0 aliphatic carbocycles. The van der Waals surface area contributed by atoms with E-state index in [1.165, 1.54) is 13.0 Å². The summed E-state index contributed by atoms with van der Waals surface area (Å²) in [6.07, 6.45) is 0.780. The number of carbonyl (C=O) groups is 1. The summed E-state index contributed by atoms with van der Waals surface area (Å²) in [4.78, 5) is 10.0. The minimum Gasteiger partial charge on any atom is -0.479 e. The molecule has 52 valence electrons. The molecule has 0 aliphatic heterocycles. The second-order valence-electron chi connectivity index (χ2n) is 1.60. The third kappa shape index (κ3) is 3.73. The van der Waals surface area contributed by atoms with Crippen molar-refractivity contribution in [1.29, 1.82) is 0 Å². The minimum absolute atomic E-state index is 0.285. The van der Waals surface area contributed by atoms with Crippen LogP contribution in [-0.2, 0) is 9.53 Å². The van der Waals surface area contributed by atoms with Crippen molar-refractivity contribution >= 4 is 5.97 Å². The predicted octanol–water partition coefficient (Wildman–Crippen LogP) is 0.662. The molecule has 0 saturated heterocycles. The van der Waals surface area contributed by atoms with Crippen LogP contribution in [0.1, 0.15) is 6.92 Å². The monoisotopic (exact) mass is 130 g/mol. The molecule has 0 heterocycles. The molecule has 0 fully saturated rings. The van der Waals surface area contributed by atoms with Gasteiger partial charge in [-0.25, -0.2) is 4.79 Å². The van der Waals surface area contributed by atoms with Crippen molar-refractivity contribution < 1.29 is 14.6 Å². The summed E-state index contributed by atoms with van der Waals surface area (Å²) in [5.74, 6) is -0.947. The molecule has 3 nitrogen and oxygen atoms in total. The summed E-state index contributed by atoms with van der Waals surface area (Å²) in [5, 5.41) is 8.25. The molecule has 0 unspecified atom stereocenters. The molecule has 0 aromatic rings. The molecule has 0 aliphatic rings. The lowest BCUT2D eigenvalue weighted by molar-refractivity contribution is -0.148. The van der Waals surface area contributed by atoms with E-state index in [1.807, 2.05) is 0 Å². The van der Waals surface area contributed by atoms with Crippen LogP contribution in [0.5, 0.6) is 0 Å². The van der Waals surface area contributed by atoms with Gasteiger partial charge in [-0.05, 0) is 6.92 Å². The van der Waals surface area contributed by atoms with Crippen molar-refractivity contribution in [3.05, 3.63) is 12.7 Å². The van der Waals surface area contributed by atoms with E-state index in [1.54, 1.807) is 0 Å². The van der Waals surface area contributed by atoms with Crippen molar-refractivity contribution in [3.63, 3.8) is 0 Å². The maximum Gasteiger partial charge on any atom is 0.332 e. The average molecular weight is 130 g/mol. The molecule has 9 heavy (non-hydrogen) atoms. The maximum atomic E-state index is 10.0. The molecule has 0 aromatic carbocycles. The molecule has 1 atom stereocenters. The van der Waals surface area contributed by atoms with Crippen LogP contribution in [0.25, 0.3) is 0 Å². The Kier molecular flexibility index (Phi) is 3.71. The van der Waals surface area contributed by atoms with Crippen molar-refractivity contribution in [2.75, 3.05) is 6.61 Å². The molecule has 0 radical (unpaired) electrons. The van der Waals surface area contributed by atoms with E-state index < -0.39 is 12.1 Å². The normalized spacial score (nSPS) is 12.6. The zero-order chi connectivity index (χ0) is 7.28. The first-order valence-corrected chi connectivity index (χ1v) is 2.63. The van der Waals surface area contributed by atoms with Crippen molar-refractivity contribution in [1.82, 2.24) is 0 Å². The largest absolute Gasteiger partial charge is 0.479 e. The Balaban J connectivity index is 3.37. The Bertz CT molecular complexity index is 109. The highest BCUT2D eigenvalue weighted by atomic mass is 16.5. The Morgan fingerprint density at radius 2 is 2.56 bits per heavy atom. The van der Waals surface area contributed by atoms with Crippen molar-refractivity contribution in [2.45, 2.75) is 13.0 Å². The van der Waals surface area contributed by atoms with Gasteiger partial charge < -0.3 is 9.84 Å². The van der Waals surface area contributed by atoms with Gasteiger partial charge in [0.1, 0.15) is 0 Å². The molecule has 0 rings (SSSR count). The Morgan fingerprint density at radius 3 is 2.89 bits per heavy atom. The molecule has 0 bridgehead atoms. The quantitative estimate of drug-likeness (QED) is 0.569. The second-order valence-corrected chi connectivity index (χ2v) is 1.60. The summed E-state index contributed by atoms with van der Waals surface area (Å²) in [5.41, 5.74) is 0. The highest BCUT2D eigenvalue weighted by Gasteiger charge is 2.08. The number of rotatable bonds is 4. The lowest BCUT2D eigenvalue weighted by Gasteiger charge is -2.03. The van der Waals surface area contributed by atoms with Gasteiger partial charge in [-0.15, -0.1) is 6.58 Å². The number of ether oxygens (including phenoxy) is 1. The van der Waals surface area contributed by atoms with Gasteiger partial charge in [-0.2, -0.15) is 0 Å². The molecular formula is C6H10O3. The number of hydrogen-bond acceptors (Lipinski definition) is 2. The number of aliphatic carboxylic acids is 1. The van der Waals surface area contributed by atoms with Crippen LogP contribution >= 0.6 is 0 Å². The van der Waals surface area contributed by atoms with E-state index in [9.17, 15) is 4.79 Å². The zero-order valence-electron chi connectivity index (χ0n) is 5.33. The first kappa shape index (κ1) is 8.17. The molecule has 0 amide bonds. The van der Waals surface area contributed by atoms with Crippen LogP contribution in [0.15, 0.2) is 12.7 Å². The van der Waals surface area contributed by atoms with E-state index in [2.05, 4.69) is 6.58 Å². The summed E-state index contributed by atoms with van der Waals surface area (Å²) >= 11 is 0. The van der Waals surface area contributed by atoms with Gasteiger partial charge in [0.2, 0.25) is 0 Å². The lowest BCUT2D eigenvalue weighted by atomic mass is 10.4. The van der Waals surface area contributed by atoms with Gasteiger partial charge in [0.05, 0.1) is 6.61 Å². The van der Waals surface area contributed by atoms with Gasteiger partial charge in [-0.1, -0.05) is 6.08 Å². The van der Waals surface area contributed by atoms with E-state index in [4.69, 9.17) is 9.84 Å². The molecule has 0 spiro atoms. The second kappa shape index (κ2) is 4.09. The molecule has 0 aromatic heterocycles. The fourth-order valence-corrected chi connectivity index (χ4v) is 0.284. The highest BCUT2D eigenvalue weighted by Crippen LogP contribution is 1.88. The molecule has 0 saturated carbocycles. The number of carboxylic acid groups (broad SMARTS) is 1. The average Bonchev–Trinajstić information content (AvgIpc) is 1.82. The van der Waals surface area contributed by atoms with E-state index in [-0.39, 0.29) is 6.61 Å². The van der Waals surface area contributed by atoms with E-state index >= 15 is 0 Å². The van der Waals surface area contributed by atoms with Crippen LogP contribution in [-0.4, -0.2) is 23.8 Å². The molecule has 3 heteroatoms. The topological polar surface area (TPSA) is 46.5 Å². The lowest BCUT2D eigenvalue weighted by Crippen LogP contribution is -2.19. The highest BCUT2D eigenvalue weighted by molar-refractivity contribution is 5.71. The number of hydrogen-bond donors (Lipinski definition) is 1. The van der Waals surface area contributed by atoms with Gasteiger partial charge in [0.25, 0.3) is 0 Å². The fraction of sp³-hybridized carbons (Fsp3) is 0.500. The zero-order valence-corrected chi connectivity index (χ0v) is 5.33. The third-order valence-electron chi connectivity index (χ3n) is 0.812. The SMILES string of the molecule is C=CCO[C@H](C)C(=O)O. The van der Waals surface area contributed by atoms with Gasteiger partial charge in [0, 0.05) is 0 Å². The maximum absolute atomic E-state index is 10.0. The predicted molar refractivity (Wildman–Crippen MR) is 33.2 cm³/mol. The van der Waals surface area contributed by atoms with Crippen molar-refractivity contribution in [3.8, 4) is 0 Å². The summed E-state index contributed by atoms with van der Waals surface area (Å²) in [6, 6.07) is 0. The van der Waals surface area contributed by atoms with Crippen LogP contribution in [0.4, 0.5) is 0 Å². The third-order valence-corrected chi connectivity index (χ3v) is 0.812. The standard InChI is InChI=1S/C6H10O3/c1-3-4-9-5(2)6(7)8/h3,5H,1,4H2,2H3,(H,7,8)/t5-/m1/s1. The van der Waals surface area contributed by atoms with Gasteiger partial charge in [0.15, 0.2) is 6.10 Å². The van der Waals surface area contributed by atoms with Crippen molar-refractivity contribution in [2.24, 2.45) is 0 Å². The van der Waals surface area contributed by atoms with Gasteiger partial charge in [-0.3, -0.25) is 0 Å². The van der Waals surface area contributed by atoms with Crippen LogP contribution in [0, 0.1) is 0 Å². The molecular weight excluding hydrogens is 120 g/mol. The van der Waals surface area contributed by atoms with Crippen LogP contribution in [0.3, 0.4) is 0 Å². The minimum atomic E-state index is -0.947. The first-order chi connectivity index (χ1) is 4.18. The van der Waals surface area contributed by atoms with Crippen LogP contribution in [0.2, 0.25) is 0 Å². The summed E-state index contributed by atoms with van der Waals surface area (Å²) < 4.78 is 4.73. The smallest absolute Gasteiger partial charge is 0.332 e. The van der Waals surface area contributed by atoms with Crippen LogP contribution < -0.4 is 0 Å². The number of carboxylic acids is 1. The van der Waals surface area contributed by atoms with E-state index in [0.717, 1.165) is 0 Å². The van der Waals surface area contributed by atoms with Gasteiger partial charge >= 0.3 is 5.97 Å². The Morgan fingerprint density at radius 1 is 2.00 bits per heavy atom. The first-order valence-electron chi connectivity index (χ1n) is 2.63. The fourth-order valence-electron chi connectivity index (χ4n) is 0.284. The Hall–Kier alpha value is -0.830.